The van der Waals surface area contributed by atoms with E-state index >= 15 is 0 Å². The van der Waals surface area contributed by atoms with Crippen LogP contribution in [0.1, 0.15) is 43.7 Å². The van der Waals surface area contributed by atoms with E-state index in [2.05, 4.69) is 259 Å². The van der Waals surface area contributed by atoms with E-state index in [9.17, 15) is 0 Å². The summed E-state index contributed by atoms with van der Waals surface area (Å²) in [6.45, 7) is 2.52. The average molecular weight is 947 g/mol. The number of anilines is 6. The molecule has 74 heavy (non-hydrogen) atoms. The lowest BCUT2D eigenvalue weighted by Crippen LogP contribution is -2.35. The zero-order valence-corrected chi connectivity index (χ0v) is 41.5. The summed E-state index contributed by atoms with van der Waals surface area (Å²) in [4.78, 5) is 4.99. The first-order chi connectivity index (χ1) is 36.5. The van der Waals surface area contributed by atoms with Crippen molar-refractivity contribution in [1.82, 2.24) is 0 Å². The molecule has 352 valence electrons. The van der Waals surface area contributed by atoms with Crippen LogP contribution in [0, 0.1) is 23.2 Å². The van der Waals surface area contributed by atoms with Crippen LogP contribution in [0.4, 0.5) is 34.1 Å². The van der Waals surface area contributed by atoms with Gasteiger partial charge in [-0.25, -0.2) is 0 Å². The lowest BCUT2D eigenvalue weighted by atomic mass is 9.64. The van der Waals surface area contributed by atoms with Gasteiger partial charge in [0.15, 0.2) is 0 Å². The van der Waals surface area contributed by atoms with Crippen molar-refractivity contribution in [3.8, 4) is 33.4 Å². The minimum Gasteiger partial charge on any atom is -0.310 e. The number of hydrogen-bond donors (Lipinski definition) is 0. The minimum absolute atomic E-state index is 0.133. The van der Waals surface area contributed by atoms with Gasteiger partial charge in [-0.2, -0.15) is 0 Å². The third-order valence-electron chi connectivity index (χ3n) is 18.4. The molecule has 2 heteroatoms. The number of nitrogens with zero attached hydrogens (tertiary/aromatic N) is 2. The zero-order valence-electron chi connectivity index (χ0n) is 41.5. The normalized spacial score (nSPS) is 21.1. The first-order valence-corrected chi connectivity index (χ1v) is 26.9. The smallest absolute Gasteiger partial charge is 0.0540 e. The van der Waals surface area contributed by atoms with Crippen LogP contribution in [0.2, 0.25) is 0 Å². The average Bonchev–Trinajstić information content (AvgIpc) is 4.06. The van der Waals surface area contributed by atoms with Gasteiger partial charge in [-0.1, -0.05) is 189 Å². The molecule has 0 heterocycles. The van der Waals surface area contributed by atoms with E-state index in [1.807, 2.05) is 0 Å². The van der Waals surface area contributed by atoms with E-state index in [0.717, 1.165) is 34.6 Å². The predicted molar refractivity (Wildman–Crippen MR) is 311 cm³/mol. The monoisotopic (exact) mass is 946 g/mol. The van der Waals surface area contributed by atoms with Crippen molar-refractivity contribution < 1.29 is 0 Å². The van der Waals surface area contributed by atoms with E-state index in [0.29, 0.717) is 11.3 Å². The highest BCUT2D eigenvalue weighted by atomic mass is 15.1. The second-order valence-corrected chi connectivity index (χ2v) is 22.3. The third kappa shape index (κ3) is 6.00. The maximum Gasteiger partial charge on any atom is 0.0540 e. The molecule has 4 aliphatic carbocycles. The van der Waals surface area contributed by atoms with E-state index < -0.39 is 0 Å². The first kappa shape index (κ1) is 42.1. The number of para-hydroxylation sites is 1. The van der Waals surface area contributed by atoms with Crippen molar-refractivity contribution >= 4 is 77.2 Å². The Morgan fingerprint density at radius 1 is 0.365 bits per heavy atom. The molecule has 16 rings (SSSR count). The SMILES string of the molecule is CC1CC2CC3(C1)CC3C21c2ccccc2-c2cc(N(c3ccccc3)c3ccc4ccc5c(N(c6ccc(-c7ccccc7)cc6)c6ccc(-c7cccc8ccccc78)cc6)ccc6ccc3c4c65)ccc21. The zero-order chi connectivity index (χ0) is 48.7. The molecule has 5 unspecified atom stereocenters. The Labute approximate surface area is 433 Å². The largest absolute Gasteiger partial charge is 0.310 e. The van der Waals surface area contributed by atoms with Crippen LogP contribution in [0.3, 0.4) is 0 Å². The maximum absolute atomic E-state index is 2.57. The summed E-state index contributed by atoms with van der Waals surface area (Å²) in [5, 5.41) is 10.1. The van der Waals surface area contributed by atoms with Crippen molar-refractivity contribution in [2.24, 2.45) is 23.2 Å². The van der Waals surface area contributed by atoms with E-state index in [-0.39, 0.29) is 5.41 Å². The lowest BCUT2D eigenvalue weighted by molar-refractivity contribution is 0.202. The van der Waals surface area contributed by atoms with Gasteiger partial charge in [-0.05, 0) is 186 Å². The second kappa shape index (κ2) is 15.8. The van der Waals surface area contributed by atoms with Crippen LogP contribution in [0.15, 0.2) is 243 Å². The fourth-order valence-electron chi connectivity index (χ4n) is 15.6. The molecule has 0 N–H and O–H groups in total. The number of hydrogen-bond acceptors (Lipinski definition) is 2. The summed E-state index contributed by atoms with van der Waals surface area (Å²) in [6, 6.07) is 91.3. The highest BCUT2D eigenvalue weighted by Crippen LogP contribution is 2.82. The first-order valence-electron chi connectivity index (χ1n) is 26.9. The summed E-state index contributed by atoms with van der Waals surface area (Å²) in [6.07, 6.45) is 5.53. The summed E-state index contributed by atoms with van der Waals surface area (Å²) in [5.74, 6) is 2.27. The predicted octanol–water partition coefficient (Wildman–Crippen LogP) is 19.7. The Morgan fingerprint density at radius 2 is 0.905 bits per heavy atom. The van der Waals surface area contributed by atoms with Crippen molar-refractivity contribution in [2.75, 3.05) is 9.80 Å². The van der Waals surface area contributed by atoms with Crippen molar-refractivity contribution in [3.63, 3.8) is 0 Å². The van der Waals surface area contributed by atoms with Gasteiger partial charge in [-0.15, -0.1) is 0 Å². The van der Waals surface area contributed by atoms with E-state index in [1.54, 1.807) is 11.1 Å². The molecular formula is C72H54N2. The molecule has 0 aliphatic heterocycles. The quantitative estimate of drug-likeness (QED) is 0.140. The molecule has 2 nitrogen and oxygen atoms in total. The van der Waals surface area contributed by atoms with Gasteiger partial charge < -0.3 is 9.80 Å². The molecule has 2 spiro atoms. The van der Waals surface area contributed by atoms with Crippen LogP contribution in [-0.4, -0.2) is 0 Å². The minimum atomic E-state index is 0.133. The van der Waals surface area contributed by atoms with Crippen LogP contribution < -0.4 is 9.80 Å². The molecule has 0 radical (unpaired) electrons. The Balaban J connectivity index is 0.865. The van der Waals surface area contributed by atoms with Gasteiger partial charge in [0.1, 0.15) is 0 Å². The fourth-order valence-corrected chi connectivity index (χ4v) is 15.6. The van der Waals surface area contributed by atoms with Crippen molar-refractivity contribution in [3.05, 3.63) is 254 Å². The summed E-state index contributed by atoms with van der Waals surface area (Å²) in [5.41, 5.74) is 18.5. The molecule has 0 amide bonds. The van der Waals surface area contributed by atoms with Crippen molar-refractivity contribution in [1.29, 1.82) is 0 Å². The van der Waals surface area contributed by atoms with Crippen LogP contribution >= 0.6 is 0 Å². The van der Waals surface area contributed by atoms with Crippen molar-refractivity contribution in [2.45, 2.75) is 38.0 Å². The highest BCUT2D eigenvalue weighted by molar-refractivity contribution is 6.28. The topological polar surface area (TPSA) is 6.48 Å². The molecule has 3 fully saturated rings. The van der Waals surface area contributed by atoms with Gasteiger partial charge in [0, 0.05) is 38.9 Å². The van der Waals surface area contributed by atoms with Gasteiger partial charge in [0.2, 0.25) is 0 Å². The van der Waals surface area contributed by atoms with Crippen LogP contribution in [-0.2, 0) is 5.41 Å². The molecule has 3 saturated carbocycles. The maximum atomic E-state index is 2.57. The Hall–Kier alpha value is -8.46. The summed E-state index contributed by atoms with van der Waals surface area (Å²) < 4.78 is 0. The molecule has 12 aromatic rings. The molecule has 0 saturated heterocycles. The Morgan fingerprint density at radius 3 is 1.64 bits per heavy atom. The Kier molecular flexibility index (Phi) is 8.97. The van der Waals surface area contributed by atoms with Gasteiger partial charge in [0.25, 0.3) is 0 Å². The standard InChI is InChI=1S/C72H54N2/c1-46-41-53-44-71(43-46)45-68(71)72(53)64-22-11-10-20-60(64)63-42-57(35-38-65(63)72)74(54-17-6-3-7-18-54)67-40-30-52-27-36-61-66(39-29-51-28-37-62(67)70(52)69(51)61)73(55-31-23-48(24-32-55)47-13-4-2-5-14-47)56-33-25-50(26-34-56)59-21-12-16-49-15-8-9-19-58(49)59/h2-40,42,46,53,68H,41,43-45H2,1H3. The van der Waals surface area contributed by atoms with E-state index in [1.165, 1.54) is 114 Å². The summed E-state index contributed by atoms with van der Waals surface area (Å²) >= 11 is 0. The second-order valence-electron chi connectivity index (χ2n) is 22.3. The Bertz CT molecular complexity index is 4170. The number of benzene rings is 12. The van der Waals surface area contributed by atoms with Gasteiger partial charge >= 0.3 is 0 Å². The van der Waals surface area contributed by atoms with Crippen LogP contribution in [0.5, 0.6) is 0 Å². The molecule has 0 aromatic heterocycles. The lowest BCUT2D eigenvalue weighted by Gasteiger charge is -2.39. The number of rotatable bonds is 8. The molecule has 2 bridgehead atoms. The summed E-state index contributed by atoms with van der Waals surface area (Å²) in [7, 11) is 0. The molecule has 4 aliphatic rings. The molecule has 12 aromatic carbocycles. The van der Waals surface area contributed by atoms with Gasteiger partial charge in [0.05, 0.1) is 11.4 Å². The van der Waals surface area contributed by atoms with Gasteiger partial charge in [-0.3, -0.25) is 0 Å². The van der Waals surface area contributed by atoms with E-state index in [4.69, 9.17) is 0 Å². The number of fused-ring (bicyclic) bond motifs is 9. The third-order valence-corrected chi connectivity index (χ3v) is 18.4. The molecule has 5 atom stereocenters. The fraction of sp³-hybridized carbons (Fsp3) is 0.139. The van der Waals surface area contributed by atoms with Crippen LogP contribution in [0.25, 0.3) is 76.5 Å². The molecular weight excluding hydrogens is 893 g/mol. The highest BCUT2D eigenvalue weighted by Gasteiger charge is 2.75.